The molecule has 1 aromatic carbocycles. The monoisotopic (exact) mass is 374 g/mol. The van der Waals surface area contributed by atoms with Gasteiger partial charge in [0.2, 0.25) is 5.95 Å². The molecular formula is C20H27ClN4O. The first kappa shape index (κ1) is 18.8. The highest BCUT2D eigenvalue weighted by Gasteiger charge is 2.31. The van der Waals surface area contributed by atoms with E-state index in [2.05, 4.69) is 30.5 Å². The molecule has 0 aliphatic heterocycles. The summed E-state index contributed by atoms with van der Waals surface area (Å²) < 4.78 is 5.29. The lowest BCUT2D eigenvalue weighted by molar-refractivity contribution is 0.414. The lowest BCUT2D eigenvalue weighted by atomic mass is 9.93. The van der Waals surface area contributed by atoms with Gasteiger partial charge in [0.1, 0.15) is 11.6 Å². The van der Waals surface area contributed by atoms with Crippen molar-refractivity contribution in [3.8, 4) is 5.75 Å². The molecule has 0 radical (unpaired) electrons. The van der Waals surface area contributed by atoms with Crippen LogP contribution < -0.4 is 15.4 Å². The number of rotatable bonds is 7. The van der Waals surface area contributed by atoms with Crippen molar-refractivity contribution in [1.82, 2.24) is 9.97 Å². The van der Waals surface area contributed by atoms with E-state index in [1.54, 1.807) is 7.11 Å². The van der Waals surface area contributed by atoms with E-state index in [4.69, 9.17) is 26.3 Å². The largest absolute Gasteiger partial charge is 0.497 e. The Morgan fingerprint density at radius 2 is 2.04 bits per heavy atom. The van der Waals surface area contributed by atoms with E-state index in [0.717, 1.165) is 53.5 Å². The predicted molar refractivity (Wildman–Crippen MR) is 108 cm³/mol. The standard InChI is InChI=1S/C20H27ClN4O/c1-5-12(6-2)23-19-18-15(9-10-17(18)24-20(22-3)25-19)14-8-7-13(26-4)11-16(14)21/h7-8,11-12,15H,5-6,9-10H2,1-4H3,(H2,22,23,24,25). The Hall–Kier alpha value is -2.01. The van der Waals surface area contributed by atoms with E-state index in [-0.39, 0.29) is 5.92 Å². The van der Waals surface area contributed by atoms with Crippen molar-refractivity contribution in [3.63, 3.8) is 0 Å². The normalized spacial score (nSPS) is 15.8. The Kier molecular flexibility index (Phi) is 5.87. The second kappa shape index (κ2) is 8.12. The van der Waals surface area contributed by atoms with Crippen molar-refractivity contribution < 1.29 is 4.74 Å². The van der Waals surface area contributed by atoms with Gasteiger partial charge in [-0.2, -0.15) is 4.98 Å². The number of anilines is 2. The number of aromatic nitrogens is 2. The summed E-state index contributed by atoms with van der Waals surface area (Å²) in [6, 6.07) is 6.31. The molecule has 1 aromatic heterocycles. The molecule has 2 aromatic rings. The van der Waals surface area contributed by atoms with Gasteiger partial charge in [-0.05, 0) is 43.4 Å². The first-order valence-electron chi connectivity index (χ1n) is 9.29. The zero-order valence-corrected chi connectivity index (χ0v) is 16.7. The number of fused-ring (bicyclic) bond motifs is 1. The van der Waals surface area contributed by atoms with Gasteiger partial charge in [0.05, 0.1) is 12.8 Å². The van der Waals surface area contributed by atoms with Gasteiger partial charge in [0.15, 0.2) is 0 Å². The van der Waals surface area contributed by atoms with Gasteiger partial charge in [-0.15, -0.1) is 0 Å². The summed E-state index contributed by atoms with van der Waals surface area (Å²) in [6.45, 7) is 4.39. The average molecular weight is 375 g/mol. The van der Waals surface area contributed by atoms with Crippen molar-refractivity contribution in [2.45, 2.75) is 51.5 Å². The lowest BCUT2D eigenvalue weighted by Gasteiger charge is -2.22. The van der Waals surface area contributed by atoms with Gasteiger partial charge in [0, 0.05) is 29.6 Å². The van der Waals surface area contributed by atoms with Crippen LogP contribution >= 0.6 is 11.6 Å². The molecule has 3 rings (SSSR count). The first-order chi connectivity index (χ1) is 12.6. The number of benzene rings is 1. The Morgan fingerprint density at radius 3 is 2.65 bits per heavy atom. The first-order valence-corrected chi connectivity index (χ1v) is 9.67. The smallest absolute Gasteiger partial charge is 0.224 e. The minimum Gasteiger partial charge on any atom is -0.497 e. The van der Waals surface area contributed by atoms with Crippen LogP contribution in [0.15, 0.2) is 18.2 Å². The summed E-state index contributed by atoms with van der Waals surface area (Å²) in [5, 5.41) is 7.45. The number of methoxy groups -OCH3 is 1. The highest BCUT2D eigenvalue weighted by molar-refractivity contribution is 6.31. The Bertz CT molecular complexity index is 777. The molecule has 0 saturated heterocycles. The van der Waals surface area contributed by atoms with Crippen molar-refractivity contribution in [2.75, 3.05) is 24.8 Å². The highest BCUT2D eigenvalue weighted by Crippen LogP contribution is 2.44. The van der Waals surface area contributed by atoms with Crippen molar-refractivity contribution >= 4 is 23.4 Å². The van der Waals surface area contributed by atoms with Crippen molar-refractivity contribution in [3.05, 3.63) is 40.0 Å². The van der Waals surface area contributed by atoms with Crippen molar-refractivity contribution in [2.24, 2.45) is 0 Å². The third-order valence-electron chi connectivity index (χ3n) is 5.18. The number of nitrogens with one attached hydrogen (secondary N) is 2. The fraction of sp³-hybridized carbons (Fsp3) is 0.500. The number of hydrogen-bond donors (Lipinski definition) is 2. The summed E-state index contributed by atoms with van der Waals surface area (Å²) in [5.74, 6) is 2.57. The van der Waals surface area contributed by atoms with Crippen LogP contribution in [0.4, 0.5) is 11.8 Å². The van der Waals surface area contributed by atoms with Gasteiger partial charge >= 0.3 is 0 Å². The van der Waals surface area contributed by atoms with Gasteiger partial charge in [-0.25, -0.2) is 4.98 Å². The fourth-order valence-corrected chi connectivity index (χ4v) is 3.94. The molecule has 1 aliphatic rings. The van der Waals surface area contributed by atoms with E-state index in [0.29, 0.717) is 12.0 Å². The molecule has 0 amide bonds. The molecular weight excluding hydrogens is 348 g/mol. The molecule has 0 fully saturated rings. The van der Waals surface area contributed by atoms with Crippen molar-refractivity contribution in [1.29, 1.82) is 0 Å². The minimum absolute atomic E-state index is 0.200. The molecule has 6 heteroatoms. The van der Waals surface area contributed by atoms with Gasteiger partial charge < -0.3 is 15.4 Å². The highest BCUT2D eigenvalue weighted by atomic mass is 35.5. The third kappa shape index (κ3) is 3.58. The predicted octanol–water partition coefficient (Wildman–Crippen LogP) is 4.86. The summed E-state index contributed by atoms with van der Waals surface area (Å²) in [7, 11) is 3.51. The topological polar surface area (TPSA) is 59.1 Å². The van der Waals surface area contributed by atoms with Gasteiger partial charge in [-0.1, -0.05) is 31.5 Å². The van der Waals surface area contributed by atoms with E-state index in [1.807, 2.05) is 19.2 Å². The number of aryl methyl sites for hydroxylation is 1. The van der Waals surface area contributed by atoms with Crippen LogP contribution in [0.5, 0.6) is 5.75 Å². The molecule has 1 heterocycles. The zero-order valence-electron chi connectivity index (χ0n) is 15.9. The summed E-state index contributed by atoms with van der Waals surface area (Å²) in [4.78, 5) is 9.44. The van der Waals surface area contributed by atoms with Crippen LogP contribution in [0.25, 0.3) is 0 Å². The van der Waals surface area contributed by atoms with Crippen LogP contribution in [0.3, 0.4) is 0 Å². The molecule has 1 atom stereocenters. The third-order valence-corrected chi connectivity index (χ3v) is 5.50. The van der Waals surface area contributed by atoms with Crippen LogP contribution in [0.2, 0.25) is 5.02 Å². The Labute approximate surface area is 160 Å². The Balaban J connectivity index is 2.05. The van der Waals surface area contributed by atoms with Crippen LogP contribution in [-0.4, -0.2) is 30.2 Å². The molecule has 0 saturated carbocycles. The average Bonchev–Trinajstić information content (AvgIpc) is 3.09. The summed E-state index contributed by atoms with van der Waals surface area (Å²) in [5.41, 5.74) is 3.40. The maximum Gasteiger partial charge on any atom is 0.224 e. The van der Waals surface area contributed by atoms with E-state index in [1.165, 1.54) is 5.56 Å². The Morgan fingerprint density at radius 1 is 1.27 bits per heavy atom. The zero-order chi connectivity index (χ0) is 18.7. The lowest BCUT2D eigenvalue weighted by Crippen LogP contribution is -2.20. The molecule has 26 heavy (non-hydrogen) atoms. The van der Waals surface area contributed by atoms with Gasteiger partial charge in [-0.3, -0.25) is 0 Å². The second-order valence-electron chi connectivity index (χ2n) is 6.64. The maximum atomic E-state index is 6.57. The van der Waals surface area contributed by atoms with Crippen LogP contribution in [0, 0.1) is 0 Å². The van der Waals surface area contributed by atoms with E-state index >= 15 is 0 Å². The number of nitrogens with zero attached hydrogens (tertiary/aromatic N) is 2. The summed E-state index contributed by atoms with van der Waals surface area (Å²) in [6.07, 6.45) is 4.02. The van der Waals surface area contributed by atoms with Crippen LogP contribution in [0.1, 0.15) is 55.8 Å². The molecule has 0 bridgehead atoms. The fourth-order valence-electron chi connectivity index (χ4n) is 3.63. The minimum atomic E-state index is 0.200. The number of halogens is 1. The number of hydrogen-bond acceptors (Lipinski definition) is 5. The molecule has 5 nitrogen and oxygen atoms in total. The SMILES string of the molecule is CCC(CC)Nc1nc(NC)nc2c1C(c1ccc(OC)cc1Cl)CC2. The quantitative estimate of drug-likeness (QED) is 0.724. The molecule has 140 valence electrons. The molecule has 1 unspecified atom stereocenters. The maximum absolute atomic E-state index is 6.57. The molecule has 0 spiro atoms. The second-order valence-corrected chi connectivity index (χ2v) is 7.05. The molecule has 2 N–H and O–H groups in total. The van der Waals surface area contributed by atoms with Gasteiger partial charge in [0.25, 0.3) is 0 Å². The molecule has 1 aliphatic carbocycles. The summed E-state index contributed by atoms with van der Waals surface area (Å²) >= 11 is 6.57. The van der Waals surface area contributed by atoms with Crippen LogP contribution in [-0.2, 0) is 6.42 Å². The number of ether oxygens (including phenoxy) is 1. The van der Waals surface area contributed by atoms with E-state index in [9.17, 15) is 0 Å². The van der Waals surface area contributed by atoms with E-state index < -0.39 is 0 Å².